The number of ether oxygens (including phenoxy) is 2. The summed E-state index contributed by atoms with van der Waals surface area (Å²) in [4.78, 5) is 25.8. The molecular weight excluding hydrogens is 296 g/mol. The van der Waals surface area contributed by atoms with Gasteiger partial charge in [-0.1, -0.05) is 0 Å². The molecule has 2 aromatic rings. The Kier molecular flexibility index (Phi) is 5.60. The first-order valence-electron chi connectivity index (χ1n) is 6.94. The SMILES string of the molecule is COC(=O)c1ccc([NH+]=C[NH2+]c2ccc(C(=O)OC)cc2)cc1. The molecule has 0 atom stereocenters. The first-order chi connectivity index (χ1) is 11.1. The van der Waals surface area contributed by atoms with Gasteiger partial charge in [-0.3, -0.25) is 0 Å². The maximum atomic E-state index is 11.3. The van der Waals surface area contributed by atoms with Gasteiger partial charge >= 0.3 is 18.3 Å². The van der Waals surface area contributed by atoms with Crippen LogP contribution in [0.2, 0.25) is 0 Å². The first-order valence-corrected chi connectivity index (χ1v) is 6.94. The van der Waals surface area contributed by atoms with Crippen LogP contribution < -0.4 is 10.3 Å². The number of esters is 2. The molecule has 0 aromatic heterocycles. The lowest BCUT2D eigenvalue weighted by atomic mass is 10.2. The molecule has 6 nitrogen and oxygen atoms in total. The molecule has 0 radical (unpaired) electrons. The molecule has 2 rings (SSSR count). The molecule has 0 fully saturated rings. The van der Waals surface area contributed by atoms with Crippen LogP contribution in [0.1, 0.15) is 20.7 Å². The summed E-state index contributed by atoms with van der Waals surface area (Å²) < 4.78 is 9.29. The third-order valence-electron chi connectivity index (χ3n) is 3.16. The van der Waals surface area contributed by atoms with E-state index in [4.69, 9.17) is 0 Å². The minimum atomic E-state index is -0.363. The molecule has 3 N–H and O–H groups in total. The van der Waals surface area contributed by atoms with Crippen LogP contribution in [0.25, 0.3) is 0 Å². The fourth-order valence-corrected chi connectivity index (χ4v) is 1.90. The van der Waals surface area contributed by atoms with Gasteiger partial charge in [-0.2, -0.15) is 4.99 Å². The zero-order valence-electron chi connectivity index (χ0n) is 12.9. The molecule has 0 saturated heterocycles. The average molecular weight is 314 g/mol. The molecule has 118 valence electrons. The standard InChI is InChI=1S/C17H16N2O4/c1-22-16(20)12-3-7-14(8-4-12)18-11-19-15-9-5-13(6-10-15)17(21)23-2/h3-11H,1-2H3,(H,18,19)/p+2. The molecule has 0 aliphatic rings. The quantitative estimate of drug-likeness (QED) is 0.349. The van der Waals surface area contributed by atoms with E-state index in [-0.39, 0.29) is 11.9 Å². The summed E-state index contributed by atoms with van der Waals surface area (Å²) in [6, 6.07) is 14.0. The van der Waals surface area contributed by atoms with E-state index in [1.807, 2.05) is 17.4 Å². The number of nitrogens with one attached hydrogen (secondary N) is 1. The third kappa shape index (κ3) is 4.49. The highest BCUT2D eigenvalue weighted by atomic mass is 16.5. The molecule has 2 aromatic carbocycles. The predicted molar refractivity (Wildman–Crippen MR) is 83.8 cm³/mol. The van der Waals surface area contributed by atoms with Crippen LogP contribution in [0, 0.1) is 0 Å². The van der Waals surface area contributed by atoms with Crippen LogP contribution in [-0.2, 0) is 9.47 Å². The van der Waals surface area contributed by atoms with Crippen molar-refractivity contribution >= 4 is 29.7 Å². The van der Waals surface area contributed by atoms with Crippen molar-refractivity contribution < 1.29 is 29.4 Å². The average Bonchev–Trinajstić information content (AvgIpc) is 2.61. The number of hydrogen-bond donors (Lipinski definition) is 2. The van der Waals surface area contributed by atoms with Crippen LogP contribution in [0.4, 0.5) is 11.4 Å². The number of rotatable bonds is 5. The largest absolute Gasteiger partial charge is 0.465 e. The van der Waals surface area contributed by atoms with Crippen molar-refractivity contribution in [3.8, 4) is 0 Å². The lowest BCUT2D eigenvalue weighted by Crippen LogP contribution is -2.88. The summed E-state index contributed by atoms with van der Waals surface area (Å²) >= 11 is 0. The monoisotopic (exact) mass is 314 g/mol. The smallest absolute Gasteiger partial charge is 0.337 e. The van der Waals surface area contributed by atoms with Crippen molar-refractivity contribution in [2.45, 2.75) is 0 Å². The highest BCUT2D eigenvalue weighted by molar-refractivity contribution is 5.90. The van der Waals surface area contributed by atoms with Crippen molar-refractivity contribution in [3.05, 3.63) is 59.7 Å². The minimum absolute atomic E-state index is 0.357. The molecular formula is C17H18N2O4+2. The van der Waals surface area contributed by atoms with E-state index >= 15 is 0 Å². The topological polar surface area (TPSA) is 83.2 Å². The molecule has 0 heterocycles. The Bertz CT molecular complexity index is 706. The Morgan fingerprint density at radius 2 is 1.35 bits per heavy atom. The molecule has 0 aliphatic heterocycles. The van der Waals surface area contributed by atoms with Crippen LogP contribution in [0.3, 0.4) is 0 Å². The lowest BCUT2D eigenvalue weighted by Gasteiger charge is -1.98. The summed E-state index contributed by atoms with van der Waals surface area (Å²) in [5.74, 6) is -0.720. The van der Waals surface area contributed by atoms with E-state index in [1.165, 1.54) is 14.2 Å². The highest BCUT2D eigenvalue weighted by Crippen LogP contribution is 2.06. The maximum Gasteiger partial charge on any atom is 0.337 e. The predicted octanol–water partition coefficient (Wildman–Crippen LogP) is -0.105. The number of nitrogens with two attached hydrogens (primary N) is 1. The normalized spacial score (nSPS) is 10.5. The molecule has 0 saturated carbocycles. The number of hydrogen-bond acceptors (Lipinski definition) is 4. The lowest BCUT2D eigenvalue weighted by molar-refractivity contribution is -0.508. The number of methoxy groups -OCH3 is 2. The third-order valence-corrected chi connectivity index (χ3v) is 3.16. The van der Waals surface area contributed by atoms with Gasteiger partial charge in [-0.25, -0.2) is 14.9 Å². The number of benzene rings is 2. The number of carbonyl (C=O) groups excluding carboxylic acids is 2. The molecule has 6 heteroatoms. The number of quaternary nitrogens is 1. The Labute approximate surface area is 133 Å². The van der Waals surface area contributed by atoms with E-state index in [2.05, 4.69) is 14.5 Å². The van der Waals surface area contributed by atoms with Crippen LogP contribution >= 0.6 is 0 Å². The molecule has 23 heavy (non-hydrogen) atoms. The van der Waals surface area contributed by atoms with Crippen molar-refractivity contribution in [1.29, 1.82) is 0 Å². The summed E-state index contributed by atoms with van der Waals surface area (Å²) in [7, 11) is 2.70. The minimum Gasteiger partial charge on any atom is -0.465 e. The van der Waals surface area contributed by atoms with Crippen molar-refractivity contribution in [2.24, 2.45) is 0 Å². The molecule has 0 unspecified atom stereocenters. The van der Waals surface area contributed by atoms with Gasteiger partial charge in [0, 0.05) is 24.3 Å². The Morgan fingerprint density at radius 3 is 1.83 bits per heavy atom. The van der Waals surface area contributed by atoms with Gasteiger partial charge in [0.2, 0.25) is 5.69 Å². The zero-order chi connectivity index (χ0) is 16.7. The molecule has 0 aliphatic carbocycles. The van der Waals surface area contributed by atoms with Gasteiger partial charge in [-0.15, -0.1) is 0 Å². The van der Waals surface area contributed by atoms with E-state index in [1.54, 1.807) is 42.7 Å². The van der Waals surface area contributed by atoms with E-state index in [0.717, 1.165) is 11.4 Å². The van der Waals surface area contributed by atoms with E-state index in [9.17, 15) is 9.59 Å². The second-order valence-corrected chi connectivity index (χ2v) is 4.66. The van der Waals surface area contributed by atoms with Gasteiger partial charge in [0.25, 0.3) is 0 Å². The van der Waals surface area contributed by atoms with E-state index in [0.29, 0.717) is 11.1 Å². The second-order valence-electron chi connectivity index (χ2n) is 4.66. The summed E-state index contributed by atoms with van der Waals surface area (Å²) in [5, 5.41) is 1.87. The van der Waals surface area contributed by atoms with E-state index < -0.39 is 0 Å². The van der Waals surface area contributed by atoms with Gasteiger partial charge in [-0.05, 0) is 24.3 Å². The van der Waals surface area contributed by atoms with Gasteiger partial charge in [0.15, 0.2) is 0 Å². The second kappa shape index (κ2) is 7.86. The molecule has 0 bridgehead atoms. The van der Waals surface area contributed by atoms with Crippen LogP contribution in [0.5, 0.6) is 0 Å². The highest BCUT2D eigenvalue weighted by Gasteiger charge is 2.07. The Hall–Kier alpha value is -2.99. The maximum absolute atomic E-state index is 11.3. The Morgan fingerprint density at radius 1 is 0.870 bits per heavy atom. The van der Waals surface area contributed by atoms with Gasteiger partial charge < -0.3 is 9.47 Å². The number of carbonyl (C=O) groups is 2. The van der Waals surface area contributed by atoms with Crippen LogP contribution in [-0.4, -0.2) is 32.5 Å². The summed E-state index contributed by atoms with van der Waals surface area (Å²) in [6.45, 7) is 0. The van der Waals surface area contributed by atoms with Gasteiger partial charge in [0.05, 0.1) is 25.3 Å². The molecule has 0 spiro atoms. The van der Waals surface area contributed by atoms with Gasteiger partial charge in [0.1, 0.15) is 5.69 Å². The molecule has 0 amide bonds. The zero-order valence-corrected chi connectivity index (χ0v) is 12.9. The Balaban J connectivity index is 1.96. The van der Waals surface area contributed by atoms with Crippen LogP contribution in [0.15, 0.2) is 48.5 Å². The van der Waals surface area contributed by atoms with Crippen molar-refractivity contribution in [2.75, 3.05) is 14.2 Å². The van der Waals surface area contributed by atoms with Crippen molar-refractivity contribution in [3.63, 3.8) is 0 Å². The summed E-state index contributed by atoms with van der Waals surface area (Å²) in [6.07, 6.45) is 1.78. The summed E-state index contributed by atoms with van der Waals surface area (Å²) in [5.41, 5.74) is 2.80. The first kappa shape index (κ1) is 16.4. The van der Waals surface area contributed by atoms with Crippen molar-refractivity contribution in [1.82, 2.24) is 0 Å². The fraction of sp³-hybridized carbons (Fsp3) is 0.118. The fourth-order valence-electron chi connectivity index (χ4n) is 1.90.